The van der Waals surface area contributed by atoms with Crippen LogP contribution in [0.1, 0.15) is 0 Å². The van der Waals surface area contributed by atoms with E-state index in [1.807, 2.05) is 35.6 Å². The van der Waals surface area contributed by atoms with E-state index in [0.717, 1.165) is 22.2 Å². The van der Waals surface area contributed by atoms with Gasteiger partial charge in [-0.25, -0.2) is 4.98 Å². The molecule has 0 fully saturated rings. The van der Waals surface area contributed by atoms with E-state index >= 15 is 0 Å². The van der Waals surface area contributed by atoms with E-state index in [1.165, 1.54) is 63.5 Å². The highest BCUT2D eigenvalue weighted by molar-refractivity contribution is 7.27. The van der Waals surface area contributed by atoms with E-state index in [1.54, 1.807) is 0 Å². The first kappa shape index (κ1) is 26.3. The average molecular weight is 652 g/mol. The summed E-state index contributed by atoms with van der Waals surface area (Å²) < 4.78 is 10.9. The third kappa shape index (κ3) is 3.55. The van der Waals surface area contributed by atoms with Crippen molar-refractivity contribution in [2.75, 3.05) is 0 Å². The zero-order valence-corrected chi connectivity index (χ0v) is 26.8. The molecule has 11 aromatic rings. The number of rotatable bonds is 2. The third-order valence-electron chi connectivity index (χ3n) is 9.68. The maximum Gasteiger partial charge on any atom is 0.247 e. The lowest BCUT2D eigenvalue weighted by Crippen LogP contribution is -1.95. The molecule has 4 aromatic heterocycles. The number of benzene rings is 7. The van der Waals surface area contributed by atoms with Crippen LogP contribution >= 0.6 is 22.9 Å². The molecule has 0 aliphatic carbocycles. The van der Waals surface area contributed by atoms with Crippen LogP contribution in [0, 0.1) is 0 Å². The zero-order chi connectivity index (χ0) is 31.5. The summed E-state index contributed by atoms with van der Waals surface area (Å²) >= 11 is 8.61. The summed E-state index contributed by atoms with van der Waals surface area (Å²) in [4.78, 5) is 9.53. The molecular weight excluding hydrogens is 630 g/mol. The van der Waals surface area contributed by atoms with Gasteiger partial charge in [-0.15, -0.1) is 11.3 Å². The molecule has 0 N–H and O–H groups in total. The lowest BCUT2D eigenvalue weighted by Gasteiger charge is -2.11. The van der Waals surface area contributed by atoms with Gasteiger partial charge in [-0.1, -0.05) is 103 Å². The van der Waals surface area contributed by atoms with Crippen LogP contribution in [0.5, 0.6) is 0 Å². The van der Waals surface area contributed by atoms with Gasteiger partial charge in [0.25, 0.3) is 0 Å². The molecule has 0 amide bonds. The van der Waals surface area contributed by atoms with Gasteiger partial charge in [0.05, 0.1) is 15.7 Å². The minimum atomic E-state index is 0.317. The summed E-state index contributed by atoms with van der Waals surface area (Å²) in [5.74, 6) is 0. The molecular formula is C42H22ClN3OS. The van der Waals surface area contributed by atoms with Gasteiger partial charge in [0.2, 0.25) is 5.71 Å². The van der Waals surface area contributed by atoms with Crippen LogP contribution in [0.2, 0.25) is 5.15 Å². The Labute approximate surface area is 282 Å². The van der Waals surface area contributed by atoms with Gasteiger partial charge in [-0.05, 0) is 64.0 Å². The topological polar surface area (TPSA) is 43.9 Å². The van der Waals surface area contributed by atoms with Crippen molar-refractivity contribution in [3.8, 4) is 16.9 Å². The predicted octanol–water partition coefficient (Wildman–Crippen LogP) is 12.5. The van der Waals surface area contributed by atoms with Gasteiger partial charge >= 0.3 is 0 Å². The van der Waals surface area contributed by atoms with Gasteiger partial charge in [-0.2, -0.15) is 4.98 Å². The molecule has 0 atom stereocenters. The Morgan fingerprint density at radius 1 is 0.604 bits per heavy atom. The van der Waals surface area contributed by atoms with Gasteiger partial charge in [0, 0.05) is 42.9 Å². The Morgan fingerprint density at radius 2 is 1.27 bits per heavy atom. The molecule has 224 valence electrons. The number of hydrogen-bond acceptors (Lipinski definition) is 4. The fraction of sp³-hybridized carbons (Fsp3) is 0. The molecule has 0 spiro atoms. The fourth-order valence-electron chi connectivity index (χ4n) is 7.59. The van der Waals surface area contributed by atoms with Crippen molar-refractivity contribution in [1.82, 2.24) is 14.5 Å². The highest BCUT2D eigenvalue weighted by Crippen LogP contribution is 2.48. The summed E-state index contributed by atoms with van der Waals surface area (Å²) in [6, 6.07) is 47.4. The summed E-state index contributed by atoms with van der Waals surface area (Å²) in [5.41, 5.74) is 6.90. The Morgan fingerprint density at radius 3 is 2.08 bits per heavy atom. The van der Waals surface area contributed by atoms with Crippen molar-refractivity contribution in [3.05, 3.63) is 139 Å². The molecule has 0 saturated heterocycles. The first-order valence-corrected chi connectivity index (χ1v) is 17.1. The van der Waals surface area contributed by atoms with Crippen molar-refractivity contribution in [3.63, 3.8) is 0 Å². The molecule has 6 heteroatoms. The fourth-order valence-corrected chi connectivity index (χ4v) is 9.10. The van der Waals surface area contributed by atoms with Crippen molar-refractivity contribution in [2.45, 2.75) is 0 Å². The standard InChI is InChI=1S/C42H22ClN3OS/c43-41-37(44-38-30-14-6-8-16-33(30)47-42(38)45-41)23-17-19-26(20-18-23)46-32-15-7-5-13-29(32)35-27-11-3-4-12-28(27)36-31-21-24-9-1-2-10-25(24)22-34(31)48-40(36)39(35)46/h1-22H. The monoisotopic (exact) mass is 651 g/mol. The summed E-state index contributed by atoms with van der Waals surface area (Å²) in [6.45, 7) is 0. The van der Waals surface area contributed by atoms with Crippen LogP contribution in [-0.2, 0) is 0 Å². The normalized spacial score (nSPS) is 12.3. The first-order valence-electron chi connectivity index (χ1n) is 15.9. The van der Waals surface area contributed by atoms with Crippen molar-refractivity contribution < 1.29 is 4.42 Å². The zero-order valence-electron chi connectivity index (χ0n) is 25.2. The number of fused-ring (bicyclic) bond motifs is 14. The SMILES string of the molecule is Clc1nc2oc3ccccc3c2nc1-c1ccc(-n2c3ccccc3c3c4ccccc4c4c5cc6ccccc6cc5sc4c32)cc1. The Balaban J connectivity index is 1.20. The average Bonchev–Trinajstić information content (AvgIpc) is 3.80. The summed E-state index contributed by atoms with van der Waals surface area (Å²) in [7, 11) is 0. The van der Waals surface area contributed by atoms with E-state index in [-0.39, 0.29) is 0 Å². The Hall–Kier alpha value is -5.75. The van der Waals surface area contributed by atoms with E-state index in [2.05, 4.69) is 119 Å². The van der Waals surface area contributed by atoms with Crippen LogP contribution in [0.15, 0.2) is 138 Å². The van der Waals surface area contributed by atoms with Crippen LogP contribution in [0.3, 0.4) is 0 Å². The van der Waals surface area contributed by atoms with E-state index in [9.17, 15) is 0 Å². The lowest BCUT2D eigenvalue weighted by atomic mass is 9.98. The number of halogens is 1. The largest absolute Gasteiger partial charge is 0.436 e. The number of para-hydroxylation sites is 2. The predicted molar refractivity (Wildman–Crippen MR) is 202 cm³/mol. The maximum atomic E-state index is 6.72. The molecule has 0 bridgehead atoms. The molecule has 0 unspecified atom stereocenters. The number of hydrogen-bond donors (Lipinski definition) is 0. The molecule has 11 rings (SSSR count). The number of nitrogens with zero attached hydrogens (tertiary/aromatic N) is 3. The first-order chi connectivity index (χ1) is 23.7. The highest BCUT2D eigenvalue weighted by atomic mass is 35.5. The van der Waals surface area contributed by atoms with Gasteiger partial charge < -0.3 is 8.98 Å². The summed E-state index contributed by atoms with van der Waals surface area (Å²) in [5, 5.41) is 11.4. The molecule has 0 aliphatic heterocycles. The second-order valence-electron chi connectivity index (χ2n) is 12.3. The van der Waals surface area contributed by atoms with Crippen molar-refractivity contribution in [1.29, 1.82) is 0 Å². The molecule has 4 nitrogen and oxygen atoms in total. The number of thiophene rings is 1. The number of aromatic nitrogens is 3. The molecule has 4 heterocycles. The molecule has 0 aliphatic rings. The van der Waals surface area contributed by atoms with E-state index < -0.39 is 0 Å². The Kier molecular flexibility index (Phi) is 5.29. The van der Waals surface area contributed by atoms with Crippen LogP contribution in [0.25, 0.3) is 103 Å². The maximum absolute atomic E-state index is 6.72. The van der Waals surface area contributed by atoms with E-state index in [4.69, 9.17) is 21.0 Å². The minimum absolute atomic E-state index is 0.317. The van der Waals surface area contributed by atoms with Crippen molar-refractivity contribution in [2.24, 2.45) is 0 Å². The quantitative estimate of drug-likeness (QED) is 0.187. The van der Waals surface area contributed by atoms with E-state index in [0.29, 0.717) is 22.1 Å². The van der Waals surface area contributed by atoms with Crippen LogP contribution in [0.4, 0.5) is 0 Å². The highest BCUT2D eigenvalue weighted by Gasteiger charge is 2.22. The van der Waals surface area contributed by atoms with Crippen LogP contribution in [-0.4, -0.2) is 14.5 Å². The molecule has 0 saturated carbocycles. The third-order valence-corrected chi connectivity index (χ3v) is 11.1. The smallest absolute Gasteiger partial charge is 0.247 e. The Bertz CT molecular complexity index is 3130. The van der Waals surface area contributed by atoms with Crippen LogP contribution < -0.4 is 0 Å². The lowest BCUT2D eigenvalue weighted by molar-refractivity contribution is 0.653. The van der Waals surface area contributed by atoms with Crippen molar-refractivity contribution >= 4 is 109 Å². The minimum Gasteiger partial charge on any atom is -0.436 e. The second-order valence-corrected chi connectivity index (χ2v) is 13.7. The van der Waals surface area contributed by atoms with Gasteiger partial charge in [0.15, 0.2) is 5.15 Å². The molecule has 7 aromatic carbocycles. The molecule has 0 radical (unpaired) electrons. The molecule has 48 heavy (non-hydrogen) atoms. The van der Waals surface area contributed by atoms with Gasteiger partial charge in [-0.3, -0.25) is 0 Å². The van der Waals surface area contributed by atoms with Gasteiger partial charge in [0.1, 0.15) is 16.8 Å². The number of furan rings is 1. The summed E-state index contributed by atoms with van der Waals surface area (Å²) in [6.07, 6.45) is 0. The second kappa shape index (κ2) is 9.64.